The highest BCUT2D eigenvalue weighted by molar-refractivity contribution is 7.16. The van der Waals surface area contributed by atoms with Crippen LogP contribution in [0.5, 0.6) is 0 Å². The molecule has 8 heteroatoms. The molecule has 0 bridgehead atoms. The van der Waals surface area contributed by atoms with E-state index in [-0.39, 0.29) is 17.5 Å². The molecule has 1 aliphatic carbocycles. The van der Waals surface area contributed by atoms with Crippen LogP contribution in [0, 0.1) is 0 Å². The van der Waals surface area contributed by atoms with Crippen LogP contribution in [-0.2, 0) is 19.4 Å². The third-order valence-electron chi connectivity index (χ3n) is 6.46. The molecular formula is C23H27N5O2S. The Morgan fingerprint density at radius 1 is 1.16 bits per heavy atom. The van der Waals surface area contributed by atoms with E-state index in [1.54, 1.807) is 27.6 Å². The molecule has 1 unspecified atom stereocenters. The highest BCUT2D eigenvalue weighted by Crippen LogP contribution is 2.20. The number of likely N-dealkylation sites (tertiary alicyclic amines) is 1. The predicted molar refractivity (Wildman–Crippen MR) is 122 cm³/mol. The minimum Gasteiger partial charge on any atom is -0.350 e. The first-order chi connectivity index (χ1) is 15.2. The second kappa shape index (κ2) is 8.88. The minimum absolute atomic E-state index is 0.000899. The number of carbonyl (C=O) groups is 1. The average molecular weight is 438 g/mol. The van der Waals surface area contributed by atoms with Crippen molar-refractivity contribution >= 4 is 27.5 Å². The van der Waals surface area contributed by atoms with Crippen molar-refractivity contribution in [2.24, 2.45) is 0 Å². The van der Waals surface area contributed by atoms with Gasteiger partial charge in [0.25, 0.3) is 11.5 Å². The van der Waals surface area contributed by atoms with Gasteiger partial charge in [-0.05, 0) is 62.4 Å². The number of amides is 1. The number of hydrogen-bond acceptors (Lipinski definition) is 6. The molecule has 1 fully saturated rings. The van der Waals surface area contributed by atoms with E-state index >= 15 is 0 Å². The lowest BCUT2D eigenvalue weighted by atomic mass is 10.0. The molecule has 1 amide bonds. The Bertz CT molecular complexity index is 1150. The van der Waals surface area contributed by atoms with Gasteiger partial charge < -0.3 is 5.32 Å². The number of hydrogen-bond donors (Lipinski definition) is 1. The molecule has 2 aliphatic rings. The van der Waals surface area contributed by atoms with Crippen LogP contribution in [-0.4, -0.2) is 51.2 Å². The number of carbonyl (C=O) groups excluding carboxylic acids is 1. The van der Waals surface area contributed by atoms with Crippen LogP contribution in [0.3, 0.4) is 0 Å². The Labute approximate surface area is 185 Å². The van der Waals surface area contributed by atoms with Gasteiger partial charge in [0.1, 0.15) is 0 Å². The predicted octanol–water partition coefficient (Wildman–Crippen LogP) is 2.63. The van der Waals surface area contributed by atoms with Crippen LogP contribution in [0.2, 0.25) is 0 Å². The quantitative estimate of drug-likeness (QED) is 0.641. The van der Waals surface area contributed by atoms with Crippen molar-refractivity contribution in [2.75, 3.05) is 19.6 Å². The van der Waals surface area contributed by atoms with Gasteiger partial charge in [-0.15, -0.1) is 11.3 Å². The lowest BCUT2D eigenvalue weighted by molar-refractivity contribution is 0.0909. The molecule has 0 spiro atoms. The lowest BCUT2D eigenvalue weighted by Crippen LogP contribution is -2.48. The summed E-state index contributed by atoms with van der Waals surface area (Å²) in [6.45, 7) is 2.98. The molecule has 1 aliphatic heterocycles. The van der Waals surface area contributed by atoms with Crippen molar-refractivity contribution in [1.29, 1.82) is 0 Å². The van der Waals surface area contributed by atoms with E-state index in [0.717, 1.165) is 66.7 Å². The number of piperidine rings is 1. The fraction of sp³-hybridized carbons (Fsp3) is 0.478. The van der Waals surface area contributed by atoms with Gasteiger partial charge in [-0.3, -0.25) is 14.5 Å². The summed E-state index contributed by atoms with van der Waals surface area (Å²) in [7, 11) is 0. The number of thiazole rings is 1. The molecular weight excluding hydrogens is 410 g/mol. The van der Waals surface area contributed by atoms with Crippen molar-refractivity contribution in [3.8, 4) is 0 Å². The lowest BCUT2D eigenvalue weighted by Gasteiger charge is -2.35. The molecule has 5 rings (SSSR count). The van der Waals surface area contributed by atoms with Gasteiger partial charge in [-0.1, -0.05) is 6.42 Å². The number of rotatable bonds is 6. The summed E-state index contributed by atoms with van der Waals surface area (Å²) in [6.07, 6.45) is 6.42. The number of benzene rings is 1. The minimum atomic E-state index is -0.0441. The maximum absolute atomic E-state index is 12.7. The van der Waals surface area contributed by atoms with Gasteiger partial charge in [0, 0.05) is 30.8 Å². The number of aromatic nitrogens is 3. The van der Waals surface area contributed by atoms with Crippen LogP contribution in [0.25, 0.3) is 10.2 Å². The summed E-state index contributed by atoms with van der Waals surface area (Å²) in [5.74, 6) is -0.0441. The SMILES string of the molecule is O=C(NCC1CCCCN1CCn1nc2c(cc1=O)CCC2)c1ccc2ncsc2c1. The zero-order valence-corrected chi connectivity index (χ0v) is 18.4. The van der Waals surface area contributed by atoms with Crippen LogP contribution < -0.4 is 10.9 Å². The summed E-state index contributed by atoms with van der Waals surface area (Å²) >= 11 is 1.55. The Balaban J connectivity index is 1.20. The molecule has 7 nitrogen and oxygen atoms in total. The van der Waals surface area contributed by atoms with E-state index in [1.807, 2.05) is 18.2 Å². The molecule has 0 radical (unpaired) electrons. The summed E-state index contributed by atoms with van der Waals surface area (Å²) in [4.78, 5) is 31.8. The summed E-state index contributed by atoms with van der Waals surface area (Å²) in [5.41, 5.74) is 5.61. The summed E-state index contributed by atoms with van der Waals surface area (Å²) in [5, 5.41) is 7.72. The molecule has 162 valence electrons. The fourth-order valence-corrected chi connectivity index (χ4v) is 5.43. The number of nitrogens with zero attached hydrogens (tertiary/aromatic N) is 4. The van der Waals surface area contributed by atoms with Crippen molar-refractivity contribution in [3.05, 3.63) is 57.0 Å². The van der Waals surface area contributed by atoms with Gasteiger partial charge in [-0.25, -0.2) is 9.67 Å². The van der Waals surface area contributed by atoms with Gasteiger partial charge in [0.05, 0.1) is 28.0 Å². The Kier molecular flexibility index (Phi) is 5.82. The van der Waals surface area contributed by atoms with Crippen molar-refractivity contribution in [1.82, 2.24) is 25.0 Å². The first kappa shape index (κ1) is 20.3. The molecule has 1 N–H and O–H groups in total. The van der Waals surface area contributed by atoms with Gasteiger partial charge in [0.2, 0.25) is 0 Å². The second-order valence-electron chi connectivity index (χ2n) is 8.46. The van der Waals surface area contributed by atoms with Crippen LogP contribution in [0.1, 0.15) is 47.3 Å². The third-order valence-corrected chi connectivity index (χ3v) is 7.26. The molecule has 1 saturated heterocycles. The van der Waals surface area contributed by atoms with Gasteiger partial charge in [0.15, 0.2) is 0 Å². The third kappa shape index (κ3) is 4.41. The number of nitrogens with one attached hydrogen (secondary N) is 1. The maximum Gasteiger partial charge on any atom is 0.267 e. The van der Waals surface area contributed by atoms with Crippen molar-refractivity contribution < 1.29 is 4.79 Å². The fourth-order valence-electron chi connectivity index (χ4n) is 4.72. The smallest absolute Gasteiger partial charge is 0.267 e. The molecule has 1 atom stereocenters. The van der Waals surface area contributed by atoms with E-state index in [4.69, 9.17) is 0 Å². The molecule has 0 saturated carbocycles. The van der Waals surface area contributed by atoms with E-state index in [2.05, 4.69) is 20.3 Å². The molecule has 31 heavy (non-hydrogen) atoms. The molecule has 2 aromatic heterocycles. The van der Waals surface area contributed by atoms with E-state index in [1.165, 1.54) is 6.42 Å². The highest BCUT2D eigenvalue weighted by atomic mass is 32.1. The Morgan fingerprint density at radius 2 is 2.10 bits per heavy atom. The number of aryl methyl sites for hydroxylation is 2. The highest BCUT2D eigenvalue weighted by Gasteiger charge is 2.23. The van der Waals surface area contributed by atoms with Gasteiger partial charge >= 0.3 is 0 Å². The Hall–Kier alpha value is -2.58. The second-order valence-corrected chi connectivity index (χ2v) is 9.35. The van der Waals surface area contributed by atoms with Crippen LogP contribution >= 0.6 is 11.3 Å². The van der Waals surface area contributed by atoms with E-state index in [9.17, 15) is 9.59 Å². The van der Waals surface area contributed by atoms with Gasteiger partial charge in [-0.2, -0.15) is 5.10 Å². The number of fused-ring (bicyclic) bond motifs is 2. The van der Waals surface area contributed by atoms with Crippen LogP contribution in [0.4, 0.5) is 0 Å². The summed E-state index contributed by atoms with van der Waals surface area (Å²) < 4.78 is 2.65. The topological polar surface area (TPSA) is 80.1 Å². The zero-order chi connectivity index (χ0) is 21.2. The first-order valence-electron chi connectivity index (χ1n) is 11.1. The van der Waals surface area contributed by atoms with Crippen LogP contribution in [0.15, 0.2) is 34.6 Å². The van der Waals surface area contributed by atoms with Crippen molar-refractivity contribution in [2.45, 2.75) is 51.1 Å². The normalized spacial score (nSPS) is 18.9. The monoisotopic (exact) mass is 437 g/mol. The average Bonchev–Trinajstić information content (AvgIpc) is 3.44. The summed E-state index contributed by atoms with van der Waals surface area (Å²) in [6, 6.07) is 7.70. The van der Waals surface area contributed by atoms with E-state index < -0.39 is 0 Å². The molecule has 3 heterocycles. The molecule has 1 aromatic carbocycles. The Morgan fingerprint density at radius 3 is 3.03 bits per heavy atom. The van der Waals surface area contributed by atoms with E-state index in [0.29, 0.717) is 18.7 Å². The first-order valence-corrected chi connectivity index (χ1v) is 12.0. The molecule has 3 aromatic rings. The van der Waals surface area contributed by atoms with Crippen molar-refractivity contribution in [3.63, 3.8) is 0 Å². The largest absolute Gasteiger partial charge is 0.350 e. The standard InChI is InChI=1S/C23H27N5O2S/c29-22-13-16-4-3-6-19(16)26-28(22)11-10-27-9-2-1-5-18(27)14-24-23(30)17-7-8-20-21(12-17)31-15-25-20/h7-8,12-13,15,18H,1-6,9-11,14H2,(H,24,30). The maximum atomic E-state index is 12.7. The zero-order valence-electron chi connectivity index (χ0n) is 17.5.